The number of thiocarbonyl (C=S) groups is 1. The van der Waals surface area contributed by atoms with Gasteiger partial charge < -0.3 is 9.47 Å². The van der Waals surface area contributed by atoms with Gasteiger partial charge in [0.05, 0.1) is 18.6 Å². The van der Waals surface area contributed by atoms with E-state index >= 15 is 0 Å². The zero-order valence-corrected chi connectivity index (χ0v) is 14.6. The highest BCUT2D eigenvalue weighted by molar-refractivity contribution is 7.80. The zero-order valence-electron chi connectivity index (χ0n) is 13.8. The molecule has 2 rings (SSSR count). The fourth-order valence-corrected chi connectivity index (χ4v) is 2.79. The quantitative estimate of drug-likeness (QED) is 0.450. The number of hydrogen-bond acceptors (Lipinski definition) is 5. The molecule has 0 unspecified atom stereocenters. The Morgan fingerprint density at radius 1 is 1.42 bits per heavy atom. The fourth-order valence-electron chi connectivity index (χ4n) is 2.48. The molecule has 1 saturated heterocycles. The number of ether oxygens (including phenoxy) is 2. The van der Waals surface area contributed by atoms with E-state index in [4.69, 9.17) is 21.7 Å². The van der Waals surface area contributed by atoms with Gasteiger partial charge >= 0.3 is 5.97 Å². The Hall–Kier alpha value is -2.21. The van der Waals surface area contributed by atoms with Gasteiger partial charge in [0, 0.05) is 6.08 Å². The molecule has 0 radical (unpaired) electrons. The highest BCUT2D eigenvalue weighted by atomic mass is 32.1. The van der Waals surface area contributed by atoms with Crippen LogP contribution in [0.4, 0.5) is 0 Å². The van der Waals surface area contributed by atoms with Gasteiger partial charge in [0.15, 0.2) is 0 Å². The highest BCUT2D eigenvalue weighted by Gasteiger charge is 2.36. The van der Waals surface area contributed by atoms with Gasteiger partial charge in [-0.05, 0) is 31.1 Å². The monoisotopic (exact) mass is 347 g/mol. The van der Waals surface area contributed by atoms with E-state index in [1.165, 1.54) is 17.1 Å². The number of esters is 1. The largest absolute Gasteiger partial charge is 0.468 e. The van der Waals surface area contributed by atoms with E-state index in [1.54, 1.807) is 13.8 Å². The molecule has 0 aromatic heterocycles. The van der Waals surface area contributed by atoms with Gasteiger partial charge in [-0.1, -0.05) is 43.3 Å². The molecule has 1 heterocycles. The topological polar surface area (TPSA) is 55.8 Å². The lowest BCUT2D eigenvalue weighted by Gasteiger charge is -2.23. The molecule has 0 bridgehead atoms. The van der Waals surface area contributed by atoms with Crippen molar-refractivity contribution in [2.45, 2.75) is 26.3 Å². The third-order valence-electron chi connectivity index (χ3n) is 3.71. The molecule has 5 nitrogen and oxygen atoms in total. The first kappa shape index (κ1) is 18.1. The van der Waals surface area contributed by atoms with Gasteiger partial charge in [0.2, 0.25) is 5.91 Å². The molecule has 0 N–H and O–H groups in total. The van der Waals surface area contributed by atoms with Crippen LogP contribution in [0, 0.1) is 5.92 Å². The van der Waals surface area contributed by atoms with E-state index in [-0.39, 0.29) is 17.1 Å². The summed E-state index contributed by atoms with van der Waals surface area (Å²) in [6, 6.07) is 9.75. The van der Waals surface area contributed by atoms with E-state index in [2.05, 4.69) is 0 Å². The SMILES string of the molecule is CCOC(=O)/C=C/[C@@H](C)C(=O)N1C(=S)OC[C@@H]1Cc1ccccc1. The van der Waals surface area contributed by atoms with Crippen molar-refractivity contribution < 1.29 is 19.1 Å². The minimum absolute atomic E-state index is 0.133. The van der Waals surface area contributed by atoms with Gasteiger partial charge in [-0.2, -0.15) is 0 Å². The van der Waals surface area contributed by atoms with E-state index < -0.39 is 11.9 Å². The van der Waals surface area contributed by atoms with Gasteiger partial charge in [0.25, 0.3) is 5.17 Å². The Bertz CT molecular complexity index is 629. The predicted octanol–water partition coefficient (Wildman–Crippen LogP) is 2.50. The van der Waals surface area contributed by atoms with Crippen LogP contribution in [0.25, 0.3) is 0 Å². The predicted molar refractivity (Wildman–Crippen MR) is 94.3 cm³/mol. The fraction of sp³-hybridized carbons (Fsp3) is 0.389. The number of amides is 1. The second-order valence-corrected chi connectivity index (χ2v) is 5.88. The summed E-state index contributed by atoms with van der Waals surface area (Å²) in [6.45, 7) is 4.13. The minimum atomic E-state index is -0.493. The average molecular weight is 347 g/mol. The van der Waals surface area contributed by atoms with Gasteiger partial charge in [-0.3, -0.25) is 9.69 Å². The van der Waals surface area contributed by atoms with Gasteiger partial charge in [0.1, 0.15) is 6.61 Å². The summed E-state index contributed by atoms with van der Waals surface area (Å²) in [6.07, 6.45) is 3.47. The molecule has 24 heavy (non-hydrogen) atoms. The summed E-state index contributed by atoms with van der Waals surface area (Å²) in [4.78, 5) is 25.6. The molecule has 0 aliphatic carbocycles. The van der Waals surface area contributed by atoms with Crippen molar-refractivity contribution in [3.05, 3.63) is 48.0 Å². The maximum absolute atomic E-state index is 12.7. The minimum Gasteiger partial charge on any atom is -0.468 e. The van der Waals surface area contributed by atoms with Gasteiger partial charge in [-0.15, -0.1) is 0 Å². The summed E-state index contributed by atoms with van der Waals surface area (Å²) in [7, 11) is 0. The molecule has 0 saturated carbocycles. The van der Waals surface area contributed by atoms with E-state index in [0.717, 1.165) is 5.56 Å². The standard InChI is InChI=1S/C18H21NO4S/c1-3-22-16(20)10-9-13(2)17(21)19-15(12-23-18(19)24)11-14-7-5-4-6-8-14/h4-10,13,15H,3,11-12H2,1-2H3/b10-9+/t13-,15+/m1/s1. The Morgan fingerprint density at radius 2 is 2.12 bits per heavy atom. The summed E-state index contributed by atoms with van der Waals surface area (Å²) in [5, 5.41) is 0.192. The lowest BCUT2D eigenvalue weighted by Crippen LogP contribution is -2.42. The summed E-state index contributed by atoms with van der Waals surface area (Å²) < 4.78 is 10.2. The Labute approximate surface area is 147 Å². The van der Waals surface area contributed by atoms with Crippen molar-refractivity contribution in [1.29, 1.82) is 0 Å². The lowest BCUT2D eigenvalue weighted by molar-refractivity contribution is -0.137. The Morgan fingerprint density at radius 3 is 2.79 bits per heavy atom. The number of benzene rings is 1. The third kappa shape index (κ3) is 4.64. The van der Waals surface area contributed by atoms with Crippen LogP contribution in [0.3, 0.4) is 0 Å². The van der Waals surface area contributed by atoms with Crippen LogP contribution in [0.15, 0.2) is 42.5 Å². The van der Waals surface area contributed by atoms with Crippen molar-refractivity contribution in [2.24, 2.45) is 5.92 Å². The maximum Gasteiger partial charge on any atom is 0.330 e. The Balaban J connectivity index is 2.04. The number of nitrogens with zero attached hydrogens (tertiary/aromatic N) is 1. The van der Waals surface area contributed by atoms with Crippen LogP contribution < -0.4 is 0 Å². The first-order chi connectivity index (χ1) is 11.5. The lowest BCUT2D eigenvalue weighted by atomic mass is 10.0. The molecule has 6 heteroatoms. The molecular weight excluding hydrogens is 326 g/mol. The van der Waals surface area contributed by atoms with E-state index in [9.17, 15) is 9.59 Å². The normalized spacial score (nSPS) is 18.5. The molecule has 1 amide bonds. The van der Waals surface area contributed by atoms with Crippen LogP contribution >= 0.6 is 12.2 Å². The highest BCUT2D eigenvalue weighted by Crippen LogP contribution is 2.20. The number of rotatable bonds is 6. The molecule has 1 fully saturated rings. The van der Waals surface area contributed by atoms with Crippen LogP contribution in [-0.2, 0) is 25.5 Å². The third-order valence-corrected chi connectivity index (χ3v) is 4.02. The number of carbonyl (C=O) groups excluding carboxylic acids is 2. The first-order valence-electron chi connectivity index (χ1n) is 7.91. The molecule has 1 aromatic rings. The van der Waals surface area contributed by atoms with Crippen molar-refractivity contribution >= 4 is 29.3 Å². The molecule has 0 spiro atoms. The average Bonchev–Trinajstić information content (AvgIpc) is 2.93. The molecular formula is C18H21NO4S. The maximum atomic E-state index is 12.7. The molecule has 1 aromatic carbocycles. The summed E-state index contributed by atoms with van der Waals surface area (Å²) >= 11 is 5.17. The van der Waals surface area contributed by atoms with E-state index in [0.29, 0.717) is 19.6 Å². The van der Waals surface area contributed by atoms with Crippen LogP contribution in [0.2, 0.25) is 0 Å². The van der Waals surface area contributed by atoms with Crippen molar-refractivity contribution in [2.75, 3.05) is 13.2 Å². The van der Waals surface area contributed by atoms with Crippen molar-refractivity contribution in [3.8, 4) is 0 Å². The van der Waals surface area contributed by atoms with Crippen LogP contribution in [0.1, 0.15) is 19.4 Å². The first-order valence-corrected chi connectivity index (χ1v) is 8.32. The van der Waals surface area contributed by atoms with Crippen LogP contribution in [0.5, 0.6) is 0 Å². The molecule has 2 atom stereocenters. The van der Waals surface area contributed by atoms with Gasteiger partial charge in [-0.25, -0.2) is 4.79 Å². The zero-order chi connectivity index (χ0) is 17.5. The second kappa shape index (κ2) is 8.59. The number of hydrogen-bond donors (Lipinski definition) is 0. The molecule has 128 valence electrons. The molecule has 1 aliphatic rings. The Kier molecular flexibility index (Phi) is 6.49. The smallest absolute Gasteiger partial charge is 0.330 e. The summed E-state index contributed by atoms with van der Waals surface area (Å²) in [5.74, 6) is -1.13. The van der Waals surface area contributed by atoms with Crippen LogP contribution in [-0.4, -0.2) is 41.2 Å². The number of carbonyl (C=O) groups is 2. The van der Waals surface area contributed by atoms with Crippen molar-refractivity contribution in [1.82, 2.24) is 4.90 Å². The summed E-state index contributed by atoms with van der Waals surface area (Å²) in [5.41, 5.74) is 1.11. The second-order valence-electron chi connectivity index (χ2n) is 5.53. The molecule has 1 aliphatic heterocycles. The van der Waals surface area contributed by atoms with E-state index in [1.807, 2.05) is 30.3 Å². The van der Waals surface area contributed by atoms with Crippen molar-refractivity contribution in [3.63, 3.8) is 0 Å².